The fraction of sp³-hybridized carbons (Fsp3) is 0.125. The minimum absolute atomic E-state index is 0.0660. The summed E-state index contributed by atoms with van der Waals surface area (Å²) >= 11 is 1.73. The molecule has 0 saturated carbocycles. The van der Waals surface area contributed by atoms with Crippen molar-refractivity contribution < 1.29 is 15.0 Å². The molecule has 156 valence electrons. The van der Waals surface area contributed by atoms with Crippen LogP contribution >= 0.6 is 11.3 Å². The van der Waals surface area contributed by atoms with Crippen LogP contribution < -0.4 is 5.73 Å². The van der Waals surface area contributed by atoms with Gasteiger partial charge in [-0.2, -0.15) is 0 Å². The lowest BCUT2D eigenvalue weighted by Crippen LogP contribution is -1.96. The van der Waals surface area contributed by atoms with Gasteiger partial charge in [-0.05, 0) is 41.8 Å². The van der Waals surface area contributed by atoms with E-state index in [1.807, 2.05) is 36.4 Å². The molecule has 0 radical (unpaired) electrons. The van der Waals surface area contributed by atoms with E-state index in [0.29, 0.717) is 5.82 Å². The number of carboxylic acids is 1. The summed E-state index contributed by atoms with van der Waals surface area (Å²) < 4.78 is 1.16. The lowest BCUT2D eigenvalue weighted by molar-refractivity contribution is 0.0694. The van der Waals surface area contributed by atoms with E-state index in [1.165, 1.54) is 12.1 Å². The first-order chi connectivity index (χ1) is 15.0. The van der Waals surface area contributed by atoms with Gasteiger partial charge in [0, 0.05) is 5.39 Å². The Balaban J connectivity index is 0.000000152. The van der Waals surface area contributed by atoms with Crippen LogP contribution in [-0.4, -0.2) is 26.2 Å². The largest absolute Gasteiger partial charge is 0.507 e. The Morgan fingerprint density at radius 1 is 1.03 bits per heavy atom. The van der Waals surface area contributed by atoms with Crippen molar-refractivity contribution in [2.24, 2.45) is 0 Å². The number of anilines is 1. The molecule has 0 bridgehead atoms. The summed E-state index contributed by atoms with van der Waals surface area (Å²) in [5.74, 6) is -0.776. The summed E-state index contributed by atoms with van der Waals surface area (Å²) in [6.07, 6.45) is 2.11. The van der Waals surface area contributed by atoms with E-state index in [0.717, 1.165) is 49.7 Å². The molecule has 2 heterocycles. The first-order valence-electron chi connectivity index (χ1n) is 9.86. The molecule has 0 aliphatic heterocycles. The third-order valence-electron chi connectivity index (χ3n) is 4.86. The minimum Gasteiger partial charge on any atom is -0.507 e. The molecular weight excluding hydrogens is 410 g/mol. The molecule has 6 nitrogen and oxygen atoms in total. The Morgan fingerprint density at radius 2 is 1.71 bits per heavy atom. The van der Waals surface area contributed by atoms with Crippen LogP contribution in [0.2, 0.25) is 0 Å². The highest BCUT2D eigenvalue weighted by Crippen LogP contribution is 2.32. The number of hydrogen-bond donors (Lipinski definition) is 3. The molecule has 0 amide bonds. The number of phenols is 1. The summed E-state index contributed by atoms with van der Waals surface area (Å²) in [6, 6.07) is 18.3. The zero-order chi connectivity index (χ0) is 22.0. The predicted molar refractivity (Wildman–Crippen MR) is 126 cm³/mol. The maximum absolute atomic E-state index is 10.7. The maximum atomic E-state index is 10.7. The second-order valence-corrected chi connectivity index (χ2v) is 8.15. The molecule has 0 atom stereocenters. The highest BCUT2D eigenvalue weighted by molar-refractivity contribution is 7.19. The molecule has 2 aromatic heterocycles. The Morgan fingerprint density at radius 3 is 2.42 bits per heavy atom. The number of carbonyl (C=O) groups is 1. The molecule has 5 rings (SSSR count). The number of fused-ring (bicyclic) bond motifs is 4. The third kappa shape index (κ3) is 4.13. The first-order valence-corrected chi connectivity index (χ1v) is 10.7. The number of hydrogen-bond acceptors (Lipinski definition) is 6. The van der Waals surface area contributed by atoms with Gasteiger partial charge in [-0.25, -0.2) is 14.8 Å². The van der Waals surface area contributed by atoms with Crippen LogP contribution in [0.5, 0.6) is 5.75 Å². The number of para-hydroxylation sites is 1. The number of nitrogen functional groups attached to an aromatic ring is 1. The van der Waals surface area contributed by atoms with Crippen molar-refractivity contribution in [3.05, 3.63) is 71.2 Å². The van der Waals surface area contributed by atoms with E-state index in [2.05, 4.69) is 23.0 Å². The highest BCUT2D eigenvalue weighted by atomic mass is 32.1. The van der Waals surface area contributed by atoms with Crippen LogP contribution in [0.1, 0.15) is 28.7 Å². The van der Waals surface area contributed by atoms with Crippen LogP contribution in [0.15, 0.2) is 60.7 Å². The number of aromatic hydroxyl groups is 1. The molecular formula is C24H21N3O3S. The van der Waals surface area contributed by atoms with E-state index in [4.69, 9.17) is 10.8 Å². The number of pyridine rings is 1. The summed E-state index contributed by atoms with van der Waals surface area (Å²) in [6.45, 7) is 2.16. The van der Waals surface area contributed by atoms with Crippen molar-refractivity contribution in [1.29, 1.82) is 0 Å². The van der Waals surface area contributed by atoms with Gasteiger partial charge in [0.05, 0.1) is 15.2 Å². The van der Waals surface area contributed by atoms with E-state index in [9.17, 15) is 9.90 Å². The van der Waals surface area contributed by atoms with Crippen molar-refractivity contribution >= 4 is 55.0 Å². The molecule has 3 aromatic carbocycles. The summed E-state index contributed by atoms with van der Waals surface area (Å²) in [4.78, 5) is 19.7. The van der Waals surface area contributed by atoms with E-state index in [1.54, 1.807) is 17.4 Å². The highest BCUT2D eigenvalue weighted by Gasteiger charge is 2.11. The summed E-state index contributed by atoms with van der Waals surface area (Å²) in [5.41, 5.74) is 7.71. The number of nitrogens with zero attached hydrogens (tertiary/aromatic N) is 2. The van der Waals surface area contributed by atoms with Gasteiger partial charge in [0.1, 0.15) is 16.8 Å². The van der Waals surface area contributed by atoms with Gasteiger partial charge in [0.2, 0.25) is 0 Å². The normalized spacial score (nSPS) is 10.9. The molecule has 0 fully saturated rings. The minimum atomic E-state index is -1.12. The van der Waals surface area contributed by atoms with Crippen molar-refractivity contribution in [2.75, 3.05) is 5.73 Å². The van der Waals surface area contributed by atoms with Crippen LogP contribution in [0.3, 0.4) is 0 Å². The molecule has 0 spiro atoms. The summed E-state index contributed by atoms with van der Waals surface area (Å²) in [5, 5.41) is 22.1. The van der Waals surface area contributed by atoms with Crippen LogP contribution in [0, 0.1) is 0 Å². The van der Waals surface area contributed by atoms with Crippen molar-refractivity contribution in [3.63, 3.8) is 0 Å². The number of benzene rings is 3. The average Bonchev–Trinajstić information content (AvgIpc) is 3.19. The van der Waals surface area contributed by atoms with Crippen LogP contribution in [-0.2, 0) is 6.42 Å². The number of thiazole rings is 1. The van der Waals surface area contributed by atoms with E-state index < -0.39 is 5.97 Å². The van der Waals surface area contributed by atoms with Crippen molar-refractivity contribution in [3.8, 4) is 5.75 Å². The predicted octanol–water partition coefficient (Wildman–Crippen LogP) is 5.62. The fourth-order valence-corrected chi connectivity index (χ4v) is 4.60. The first kappa shape index (κ1) is 20.6. The fourth-order valence-electron chi connectivity index (χ4n) is 3.39. The van der Waals surface area contributed by atoms with E-state index in [-0.39, 0.29) is 11.3 Å². The average molecular weight is 432 g/mol. The second-order valence-electron chi connectivity index (χ2n) is 7.07. The molecule has 7 heteroatoms. The smallest absolute Gasteiger partial charge is 0.339 e. The number of aromatic carboxylic acids is 1. The van der Waals surface area contributed by atoms with Gasteiger partial charge in [0.25, 0.3) is 0 Å². The van der Waals surface area contributed by atoms with Crippen LogP contribution in [0.4, 0.5) is 5.82 Å². The molecule has 5 aromatic rings. The maximum Gasteiger partial charge on any atom is 0.339 e. The molecule has 0 aliphatic carbocycles. The number of nitrogens with two attached hydrogens (primary N) is 1. The molecule has 4 N–H and O–H groups in total. The van der Waals surface area contributed by atoms with Gasteiger partial charge in [-0.3, -0.25) is 0 Å². The number of aromatic nitrogens is 2. The number of aryl methyl sites for hydroxylation is 1. The lowest BCUT2D eigenvalue weighted by Gasteiger charge is -2.02. The van der Waals surface area contributed by atoms with Gasteiger partial charge >= 0.3 is 5.97 Å². The standard InChI is InChI=1S/C13H13N3S.C11H8O3/c1-2-5-10-16-11-12(17-10)8-6-3-4-7-9(8)15-13(11)14;12-10-6-8-4-2-1-3-7(8)5-9(10)11(13)14/h3-4,6-7H,2,5H2,1H3,(H2,14,15);1-6,12H,(H,13,14). The van der Waals surface area contributed by atoms with E-state index >= 15 is 0 Å². The number of carboxylic acid groups (broad SMARTS) is 1. The zero-order valence-corrected chi connectivity index (χ0v) is 17.7. The van der Waals surface area contributed by atoms with Crippen molar-refractivity contribution in [2.45, 2.75) is 19.8 Å². The molecule has 31 heavy (non-hydrogen) atoms. The quantitative estimate of drug-likeness (QED) is 0.342. The molecule has 0 aliphatic rings. The Labute approximate surface area is 182 Å². The second kappa shape index (κ2) is 8.57. The van der Waals surface area contributed by atoms with Gasteiger partial charge < -0.3 is 15.9 Å². The summed E-state index contributed by atoms with van der Waals surface area (Å²) in [7, 11) is 0. The van der Waals surface area contributed by atoms with Gasteiger partial charge in [-0.1, -0.05) is 49.4 Å². The molecule has 0 unspecified atom stereocenters. The SMILES string of the molecule is CCCc1nc2c(N)nc3ccccc3c2s1.O=C(O)c1cc2ccccc2cc1O. The van der Waals surface area contributed by atoms with Gasteiger partial charge in [-0.15, -0.1) is 11.3 Å². The molecule has 0 saturated heterocycles. The zero-order valence-electron chi connectivity index (χ0n) is 16.9. The number of rotatable bonds is 3. The Hall–Kier alpha value is -3.71. The Bertz CT molecular complexity index is 1410. The topological polar surface area (TPSA) is 109 Å². The lowest BCUT2D eigenvalue weighted by atomic mass is 10.1. The Kier molecular flexibility index (Phi) is 5.68. The van der Waals surface area contributed by atoms with Crippen LogP contribution in [0.25, 0.3) is 31.9 Å². The monoisotopic (exact) mass is 431 g/mol. The third-order valence-corrected chi connectivity index (χ3v) is 6.01. The van der Waals surface area contributed by atoms with Crippen molar-refractivity contribution in [1.82, 2.24) is 9.97 Å². The van der Waals surface area contributed by atoms with Gasteiger partial charge in [0.15, 0.2) is 5.82 Å².